The largest absolute Gasteiger partial charge is 0.271 e. The van der Waals surface area contributed by atoms with Gasteiger partial charge >= 0.3 is 0 Å². The van der Waals surface area contributed by atoms with E-state index < -0.39 is 32.1 Å². The van der Waals surface area contributed by atoms with Gasteiger partial charge in [-0.1, -0.05) is 57.2 Å². The summed E-state index contributed by atoms with van der Waals surface area (Å²) in [6, 6.07) is 7.06. The molecule has 0 aromatic heterocycles. The molecule has 3 rings (SSSR count). The molecule has 1 saturated heterocycles. The molecule has 0 unspecified atom stereocenters. The lowest BCUT2D eigenvalue weighted by molar-refractivity contribution is 0.216. The van der Waals surface area contributed by atoms with Gasteiger partial charge in [-0.05, 0) is 61.1 Å². The Balaban J connectivity index is 1.50. The van der Waals surface area contributed by atoms with Gasteiger partial charge in [-0.3, -0.25) is 0 Å². The minimum atomic E-state index is -2.08. The normalized spacial score (nSPS) is 27.6. The van der Waals surface area contributed by atoms with E-state index in [-0.39, 0.29) is 12.0 Å². The number of unbranched alkanes of at least 4 members (excludes halogenated alkanes) is 2. The number of hydrogen-bond donors (Lipinski definition) is 0. The van der Waals surface area contributed by atoms with E-state index in [0.717, 1.165) is 37.5 Å². The number of hydrogen-bond acceptors (Lipinski definition) is 0. The smallest absolute Gasteiger partial charge is 0.206 e. The van der Waals surface area contributed by atoms with Gasteiger partial charge in [0, 0.05) is 14.9 Å². The van der Waals surface area contributed by atoms with Crippen LogP contribution in [0, 0.1) is 23.5 Å². The molecule has 29 heavy (non-hydrogen) atoms. The molecule has 1 aliphatic heterocycles. The Morgan fingerprint density at radius 1 is 0.931 bits per heavy atom. The van der Waals surface area contributed by atoms with E-state index in [4.69, 9.17) is 0 Å². The highest BCUT2D eigenvalue weighted by molar-refractivity contribution is 6.58. The minimum Gasteiger partial charge on any atom is -0.206 e. The predicted molar refractivity (Wildman–Crippen MR) is 115 cm³/mol. The molecule has 0 nitrogen and oxygen atoms in total. The van der Waals surface area contributed by atoms with E-state index in [1.165, 1.54) is 62.4 Å². The third-order valence-electron chi connectivity index (χ3n) is 7.37. The Hall–Kier alpha value is -1.10. The molecule has 2 aliphatic rings. The lowest BCUT2D eigenvalue weighted by Crippen LogP contribution is -2.28. The van der Waals surface area contributed by atoms with Crippen LogP contribution in [0.15, 0.2) is 18.2 Å². The van der Waals surface area contributed by atoms with Crippen molar-refractivity contribution in [2.75, 3.05) is 0 Å². The summed E-state index contributed by atoms with van der Waals surface area (Å²) in [4.78, 5) is 0. The Labute approximate surface area is 174 Å². The van der Waals surface area contributed by atoms with Gasteiger partial charge in [-0.2, -0.15) is 8.78 Å². The maximum Gasteiger partial charge on any atom is 0.271 e. The summed E-state index contributed by atoms with van der Waals surface area (Å²) in [6.07, 6.45) is 9.27. The SMILES string of the molecule is CCCCC[SiH]1CCC([C@H]2CC[C@H](c3cc(F)c(C=C(F)F)c(F)c3)CC2)CC1. The maximum absolute atomic E-state index is 14.1. The van der Waals surface area contributed by atoms with Gasteiger partial charge in [-0.25, -0.2) is 8.78 Å². The van der Waals surface area contributed by atoms with Crippen LogP contribution in [0.1, 0.15) is 81.8 Å². The van der Waals surface area contributed by atoms with Crippen molar-refractivity contribution in [2.24, 2.45) is 11.8 Å². The Morgan fingerprint density at radius 2 is 1.52 bits per heavy atom. The summed E-state index contributed by atoms with van der Waals surface area (Å²) < 4.78 is 53.0. The van der Waals surface area contributed by atoms with Crippen molar-refractivity contribution < 1.29 is 17.6 Å². The van der Waals surface area contributed by atoms with E-state index in [0.29, 0.717) is 5.56 Å². The number of benzene rings is 1. The van der Waals surface area contributed by atoms with Gasteiger partial charge in [0.1, 0.15) is 11.6 Å². The second-order valence-electron chi connectivity index (χ2n) is 9.22. The van der Waals surface area contributed by atoms with E-state index >= 15 is 0 Å². The Bertz CT molecular complexity index is 659. The van der Waals surface area contributed by atoms with Crippen molar-refractivity contribution in [1.29, 1.82) is 0 Å². The highest BCUT2D eigenvalue weighted by Crippen LogP contribution is 2.44. The molecule has 1 saturated carbocycles. The summed E-state index contributed by atoms with van der Waals surface area (Å²) in [7, 11) is -0.480. The zero-order chi connectivity index (χ0) is 20.8. The predicted octanol–water partition coefficient (Wildman–Crippen LogP) is 8.30. The fourth-order valence-electron chi connectivity index (χ4n) is 5.64. The average molecular weight is 427 g/mol. The highest BCUT2D eigenvalue weighted by Gasteiger charge is 2.32. The molecule has 2 fully saturated rings. The Kier molecular flexibility index (Phi) is 8.40. The Morgan fingerprint density at radius 3 is 2.07 bits per heavy atom. The topological polar surface area (TPSA) is 0 Å². The quantitative estimate of drug-likeness (QED) is 0.234. The molecule has 0 spiro atoms. The van der Waals surface area contributed by atoms with Crippen molar-refractivity contribution in [2.45, 2.75) is 88.8 Å². The summed E-state index contributed by atoms with van der Waals surface area (Å²) in [5.74, 6) is -0.0282. The van der Waals surface area contributed by atoms with E-state index in [9.17, 15) is 17.6 Å². The summed E-state index contributed by atoms with van der Waals surface area (Å²) >= 11 is 0. The first-order chi connectivity index (χ1) is 14.0. The average Bonchev–Trinajstić information content (AvgIpc) is 2.71. The van der Waals surface area contributed by atoms with Gasteiger partial charge in [0.2, 0.25) is 0 Å². The monoisotopic (exact) mass is 426 g/mol. The van der Waals surface area contributed by atoms with Crippen molar-refractivity contribution in [3.05, 3.63) is 41.0 Å². The number of halogens is 4. The van der Waals surface area contributed by atoms with Crippen LogP contribution in [0.4, 0.5) is 17.6 Å². The molecular weight excluding hydrogens is 392 g/mol. The van der Waals surface area contributed by atoms with Gasteiger partial charge in [0.15, 0.2) is 0 Å². The molecule has 0 N–H and O–H groups in total. The molecular formula is C24H34F4Si. The first-order valence-electron chi connectivity index (χ1n) is 11.5. The molecule has 1 heterocycles. The van der Waals surface area contributed by atoms with Crippen LogP contribution in [-0.4, -0.2) is 8.80 Å². The van der Waals surface area contributed by atoms with Gasteiger partial charge < -0.3 is 0 Å². The molecule has 0 bridgehead atoms. The summed E-state index contributed by atoms with van der Waals surface area (Å²) in [5.41, 5.74) is -0.01000. The second-order valence-corrected chi connectivity index (χ2v) is 12.7. The standard InChI is InChI=1S/C24H34F4Si/c1-2-3-4-11-29-12-9-19(10-13-29)17-5-7-18(8-6-17)20-14-22(25)21(16-24(27)28)23(26)15-20/h14-19,29H,2-13H2,1H3/t17-,18-,19?,29?. The molecule has 1 aliphatic carbocycles. The third-order valence-corrected chi connectivity index (χ3v) is 10.9. The zero-order valence-corrected chi connectivity index (χ0v) is 18.7. The zero-order valence-electron chi connectivity index (χ0n) is 17.5. The highest BCUT2D eigenvalue weighted by atomic mass is 28.3. The van der Waals surface area contributed by atoms with Crippen LogP contribution in [0.25, 0.3) is 6.08 Å². The van der Waals surface area contributed by atoms with Crippen LogP contribution >= 0.6 is 0 Å². The maximum atomic E-state index is 14.1. The van der Waals surface area contributed by atoms with Crippen LogP contribution in [0.2, 0.25) is 18.1 Å². The van der Waals surface area contributed by atoms with Crippen molar-refractivity contribution in [1.82, 2.24) is 0 Å². The molecule has 162 valence electrons. The van der Waals surface area contributed by atoms with Crippen molar-refractivity contribution >= 4 is 14.9 Å². The van der Waals surface area contributed by atoms with Crippen molar-refractivity contribution in [3.8, 4) is 0 Å². The van der Waals surface area contributed by atoms with Gasteiger partial charge in [0.25, 0.3) is 6.08 Å². The fourth-order valence-corrected chi connectivity index (χ4v) is 9.17. The first-order valence-corrected chi connectivity index (χ1v) is 13.9. The lowest BCUT2D eigenvalue weighted by Gasteiger charge is -2.37. The molecule has 0 atom stereocenters. The minimum absolute atomic E-state index is 0.142. The van der Waals surface area contributed by atoms with E-state index in [1.807, 2.05) is 0 Å². The fraction of sp³-hybridized carbons (Fsp3) is 0.667. The molecule has 5 heteroatoms. The van der Waals surface area contributed by atoms with Gasteiger partial charge in [0.05, 0.1) is 5.56 Å². The summed E-state index contributed by atoms with van der Waals surface area (Å²) in [6.45, 7) is 2.27. The van der Waals surface area contributed by atoms with Crippen LogP contribution < -0.4 is 0 Å². The first kappa shape index (κ1) is 22.6. The van der Waals surface area contributed by atoms with Crippen LogP contribution in [-0.2, 0) is 0 Å². The van der Waals surface area contributed by atoms with E-state index in [1.54, 1.807) is 0 Å². The number of rotatable bonds is 7. The lowest BCUT2D eigenvalue weighted by atomic mass is 9.72. The van der Waals surface area contributed by atoms with Crippen LogP contribution in [0.5, 0.6) is 0 Å². The van der Waals surface area contributed by atoms with Crippen molar-refractivity contribution in [3.63, 3.8) is 0 Å². The van der Waals surface area contributed by atoms with Crippen LogP contribution in [0.3, 0.4) is 0 Å². The second kappa shape index (κ2) is 10.8. The molecule has 1 aromatic carbocycles. The molecule has 1 aromatic rings. The van der Waals surface area contributed by atoms with E-state index in [2.05, 4.69) is 6.92 Å². The van der Waals surface area contributed by atoms with Gasteiger partial charge in [-0.15, -0.1) is 0 Å². The summed E-state index contributed by atoms with van der Waals surface area (Å²) in [5, 5.41) is 0. The third kappa shape index (κ3) is 6.19. The molecule has 0 radical (unpaired) electrons. The molecule has 0 amide bonds.